The van der Waals surface area contributed by atoms with Crippen LogP contribution < -0.4 is 0 Å². The Balaban J connectivity index is 1.55. The second kappa shape index (κ2) is 8.02. The van der Waals surface area contributed by atoms with Gasteiger partial charge >= 0.3 is 0 Å². The average Bonchev–Trinajstić information content (AvgIpc) is 3.32. The van der Waals surface area contributed by atoms with Crippen molar-refractivity contribution in [1.82, 2.24) is 10.1 Å². The molecule has 39 heavy (non-hydrogen) atoms. The van der Waals surface area contributed by atoms with Crippen LogP contribution in [-0.4, -0.2) is 21.7 Å². The minimum absolute atomic E-state index is 0.0551. The molecule has 0 amide bonds. The van der Waals surface area contributed by atoms with Crippen molar-refractivity contribution in [2.45, 2.75) is 99.3 Å². The Morgan fingerprint density at radius 2 is 1.74 bits per heavy atom. The molecule has 0 aliphatic heterocycles. The van der Waals surface area contributed by atoms with E-state index in [0.29, 0.717) is 17.7 Å². The van der Waals surface area contributed by atoms with Gasteiger partial charge in [-0.25, -0.2) is 0 Å². The van der Waals surface area contributed by atoms with Crippen LogP contribution >= 0.6 is 0 Å². The predicted octanol–water partition coefficient (Wildman–Crippen LogP) is 6.70. The summed E-state index contributed by atoms with van der Waals surface area (Å²) < 4.78 is 5.91. The van der Waals surface area contributed by atoms with Crippen LogP contribution in [0.2, 0.25) is 0 Å². The fraction of sp³-hybridized carbons (Fsp3) is 0.727. The minimum Gasteiger partial charge on any atom is -0.339 e. The van der Waals surface area contributed by atoms with Crippen LogP contribution in [0.25, 0.3) is 0 Å². The first kappa shape index (κ1) is 26.7. The molecule has 5 aliphatic rings. The highest BCUT2D eigenvalue weighted by atomic mass is 16.5. The smallest absolute Gasteiger partial charge is 0.233 e. The van der Waals surface area contributed by atoms with Gasteiger partial charge in [0.05, 0.1) is 11.0 Å². The lowest BCUT2D eigenvalue weighted by atomic mass is 9.34. The molecule has 0 radical (unpaired) electrons. The van der Waals surface area contributed by atoms with Crippen molar-refractivity contribution < 1.29 is 14.1 Å². The topological polar surface area (TPSA) is 96.9 Å². The van der Waals surface area contributed by atoms with Gasteiger partial charge in [0.2, 0.25) is 5.89 Å². The van der Waals surface area contributed by atoms with E-state index < -0.39 is 10.8 Å². The summed E-state index contributed by atoms with van der Waals surface area (Å²) in [5, 5.41) is 14.1. The maximum absolute atomic E-state index is 14.6. The van der Waals surface area contributed by atoms with E-state index in [1.165, 1.54) is 0 Å². The summed E-state index contributed by atoms with van der Waals surface area (Å²) in [5.74, 6) is 2.43. The molecule has 0 bridgehead atoms. The van der Waals surface area contributed by atoms with E-state index in [-0.39, 0.29) is 51.1 Å². The van der Waals surface area contributed by atoms with Crippen molar-refractivity contribution in [1.29, 1.82) is 5.26 Å². The molecular formula is C33H43N3O3. The van der Waals surface area contributed by atoms with Gasteiger partial charge in [-0.2, -0.15) is 10.2 Å². The van der Waals surface area contributed by atoms with E-state index in [9.17, 15) is 14.9 Å². The van der Waals surface area contributed by atoms with E-state index in [0.717, 1.165) is 50.0 Å². The Kier molecular flexibility index (Phi) is 5.48. The first-order valence-corrected chi connectivity index (χ1v) is 14.9. The van der Waals surface area contributed by atoms with E-state index in [4.69, 9.17) is 9.51 Å². The Morgan fingerprint density at radius 3 is 2.38 bits per heavy atom. The van der Waals surface area contributed by atoms with Gasteiger partial charge in [-0.15, -0.1) is 0 Å². The van der Waals surface area contributed by atoms with Gasteiger partial charge in [-0.3, -0.25) is 9.59 Å². The second-order valence-corrected chi connectivity index (χ2v) is 15.0. The van der Waals surface area contributed by atoms with Crippen molar-refractivity contribution in [3.8, 4) is 6.07 Å². The maximum atomic E-state index is 14.6. The van der Waals surface area contributed by atoms with Gasteiger partial charge in [0, 0.05) is 16.7 Å². The number of hydrogen-bond acceptors (Lipinski definition) is 6. The number of fused-ring (bicyclic) bond motifs is 7. The number of nitrogens with zero attached hydrogens (tertiary/aromatic N) is 3. The van der Waals surface area contributed by atoms with Gasteiger partial charge in [0.15, 0.2) is 17.4 Å². The molecule has 3 saturated carbocycles. The van der Waals surface area contributed by atoms with Crippen LogP contribution in [-0.2, 0) is 15.0 Å². The number of carbonyl (C=O) groups is 2. The molecule has 1 aromatic heterocycles. The highest BCUT2D eigenvalue weighted by molar-refractivity contribution is 6.04. The predicted molar refractivity (Wildman–Crippen MR) is 147 cm³/mol. The third-order valence-electron chi connectivity index (χ3n) is 13.2. The third kappa shape index (κ3) is 3.08. The molecule has 6 heteroatoms. The molecule has 6 rings (SSSR count). The molecule has 9 atom stereocenters. The van der Waals surface area contributed by atoms with Crippen molar-refractivity contribution in [2.75, 3.05) is 0 Å². The van der Waals surface area contributed by atoms with Gasteiger partial charge in [-0.1, -0.05) is 65.3 Å². The van der Waals surface area contributed by atoms with Crippen molar-refractivity contribution >= 4 is 11.6 Å². The molecule has 0 N–H and O–H groups in total. The molecule has 3 fully saturated rings. The molecule has 0 unspecified atom stereocenters. The normalized spacial score (nSPS) is 46.6. The number of Topliss-reactive ketones (excluding diaryl/α,β-unsaturated/α-hetero) is 1. The molecule has 208 valence electrons. The summed E-state index contributed by atoms with van der Waals surface area (Å²) >= 11 is 0. The summed E-state index contributed by atoms with van der Waals surface area (Å²) in [7, 11) is 0. The number of aryl methyl sites for hydroxylation is 1. The zero-order valence-corrected chi connectivity index (χ0v) is 24.9. The lowest BCUT2D eigenvalue weighted by molar-refractivity contribution is -0.166. The summed E-state index contributed by atoms with van der Waals surface area (Å²) in [5.41, 5.74) is -0.521. The number of nitriles is 1. The Bertz CT molecular complexity index is 1380. The monoisotopic (exact) mass is 529 g/mol. The largest absolute Gasteiger partial charge is 0.339 e. The highest BCUT2D eigenvalue weighted by Crippen LogP contribution is 2.74. The zero-order valence-electron chi connectivity index (χ0n) is 24.9. The van der Waals surface area contributed by atoms with Crippen molar-refractivity contribution in [3.05, 3.63) is 35.0 Å². The Labute approximate surface area is 232 Å². The van der Waals surface area contributed by atoms with Crippen molar-refractivity contribution in [3.63, 3.8) is 0 Å². The highest BCUT2D eigenvalue weighted by Gasteiger charge is 2.71. The Morgan fingerprint density at radius 1 is 1.03 bits per heavy atom. The number of hydrogen-bond donors (Lipinski definition) is 0. The van der Waals surface area contributed by atoms with E-state index in [1.807, 2.05) is 32.9 Å². The first-order chi connectivity index (χ1) is 18.2. The summed E-state index contributed by atoms with van der Waals surface area (Å²) in [6, 6.07) is 2.20. The summed E-state index contributed by atoms with van der Waals surface area (Å²) in [6.45, 7) is 17.5. The zero-order chi connectivity index (χ0) is 28.3. The lowest BCUT2D eigenvalue weighted by Crippen LogP contribution is -2.66. The molecule has 0 spiro atoms. The van der Waals surface area contributed by atoms with E-state index in [2.05, 4.69) is 45.8 Å². The van der Waals surface area contributed by atoms with Crippen LogP contribution in [0.3, 0.4) is 0 Å². The molecule has 0 saturated heterocycles. The number of carbonyl (C=O) groups excluding carboxylic acids is 2. The van der Waals surface area contributed by atoms with E-state index >= 15 is 0 Å². The number of allylic oxidation sites excluding steroid dienone is 4. The quantitative estimate of drug-likeness (QED) is 0.401. The summed E-state index contributed by atoms with van der Waals surface area (Å²) in [6.07, 6.45) is 9.65. The van der Waals surface area contributed by atoms with Gasteiger partial charge in [0.1, 0.15) is 6.07 Å². The van der Waals surface area contributed by atoms with Crippen LogP contribution in [0.1, 0.15) is 98.7 Å². The summed E-state index contributed by atoms with van der Waals surface area (Å²) in [4.78, 5) is 32.7. The molecular weight excluding hydrogens is 486 g/mol. The van der Waals surface area contributed by atoms with Gasteiger partial charge in [0.25, 0.3) is 0 Å². The Hall–Kier alpha value is -2.55. The van der Waals surface area contributed by atoms with E-state index in [1.54, 1.807) is 0 Å². The molecule has 5 aliphatic carbocycles. The number of ketones is 2. The fourth-order valence-electron chi connectivity index (χ4n) is 10.7. The SMILES string of the molecule is Cc1noc([C@]23CC[C@@H](C)[C@H](C)[C@H]2[C@H]2C(=O)C=C4[C@@]5(C)C=C(C#N)C(=O)C(C)(C)[C@@H]5CC[C@@]4(C)[C@]2(C)CC3)n1. The maximum Gasteiger partial charge on any atom is 0.233 e. The number of aromatic nitrogens is 2. The molecule has 1 heterocycles. The van der Waals surface area contributed by atoms with Crippen LogP contribution in [0.15, 0.2) is 27.8 Å². The van der Waals surface area contributed by atoms with Gasteiger partial charge in [-0.05, 0) is 86.0 Å². The fourth-order valence-corrected chi connectivity index (χ4v) is 10.7. The van der Waals surface area contributed by atoms with Crippen LogP contribution in [0, 0.1) is 69.5 Å². The molecule has 6 nitrogen and oxygen atoms in total. The van der Waals surface area contributed by atoms with Crippen LogP contribution in [0.5, 0.6) is 0 Å². The van der Waals surface area contributed by atoms with Crippen LogP contribution in [0.4, 0.5) is 0 Å². The van der Waals surface area contributed by atoms with Crippen molar-refractivity contribution in [2.24, 2.45) is 51.2 Å². The standard InChI is InChI=1S/C33H43N3O3/c1-18-9-12-33(28-35-20(3)36-39-28)14-13-32(8)26(25(33)19(18)2)22(37)15-24-30(6)16-21(17-34)27(38)29(4,5)23(30)10-11-31(24,32)7/h15-16,18-19,23,25-26H,9-14H2,1-8H3/t18-,19+,23+,25+,26-,30+,31-,32-,33+/m1/s1. The molecule has 1 aromatic rings. The lowest BCUT2D eigenvalue weighted by Gasteiger charge is -2.69. The molecule has 0 aromatic carbocycles. The minimum atomic E-state index is -0.650. The second-order valence-electron chi connectivity index (χ2n) is 15.0. The third-order valence-corrected chi connectivity index (χ3v) is 13.2. The number of rotatable bonds is 1. The first-order valence-electron chi connectivity index (χ1n) is 14.9. The van der Waals surface area contributed by atoms with Gasteiger partial charge < -0.3 is 4.52 Å². The average molecular weight is 530 g/mol.